The lowest BCUT2D eigenvalue weighted by molar-refractivity contribution is 0.0813. The van der Waals surface area contributed by atoms with E-state index >= 15 is 0 Å². The maximum atomic E-state index is 13.1. The number of hydrogen-bond donors (Lipinski definition) is 1. The number of rotatable bonds is 4. The highest BCUT2D eigenvalue weighted by atomic mass is 16.1. The van der Waals surface area contributed by atoms with Gasteiger partial charge in [-0.05, 0) is 44.5 Å². The summed E-state index contributed by atoms with van der Waals surface area (Å²) in [6.45, 7) is 9.15. The van der Waals surface area contributed by atoms with E-state index in [2.05, 4.69) is 52.9 Å². The zero-order chi connectivity index (χ0) is 19.0. The number of nitrogens with one attached hydrogen (secondary N) is 1. The Morgan fingerprint density at radius 3 is 2.74 bits per heavy atom. The standard InChI is InChI=1S/C23H27N3O/c1-16-7-6-8-19(13-16)26-12-11-25(15-17(26)2)18(3)23(27)21-14-24-22-10-5-4-9-20(21)22/h4-10,13-14,17-18,24H,11-12,15H2,1-3H3/t17-,18-/m0/s1. The number of piperazine rings is 1. The van der Waals surface area contributed by atoms with E-state index < -0.39 is 0 Å². The van der Waals surface area contributed by atoms with Gasteiger partial charge in [-0.2, -0.15) is 0 Å². The van der Waals surface area contributed by atoms with Crippen LogP contribution in [-0.4, -0.2) is 47.4 Å². The van der Waals surface area contributed by atoms with Crippen molar-refractivity contribution < 1.29 is 4.79 Å². The van der Waals surface area contributed by atoms with Crippen LogP contribution < -0.4 is 4.90 Å². The molecule has 140 valence electrons. The normalized spacial score (nSPS) is 19.4. The smallest absolute Gasteiger partial charge is 0.181 e. The van der Waals surface area contributed by atoms with Gasteiger partial charge in [-0.25, -0.2) is 0 Å². The molecule has 0 unspecified atom stereocenters. The minimum absolute atomic E-state index is 0.119. The molecule has 1 fully saturated rings. The summed E-state index contributed by atoms with van der Waals surface area (Å²) >= 11 is 0. The molecule has 0 saturated carbocycles. The number of aryl methyl sites for hydroxylation is 1. The first kappa shape index (κ1) is 17.8. The topological polar surface area (TPSA) is 39.3 Å². The fraction of sp³-hybridized carbons (Fsp3) is 0.348. The van der Waals surface area contributed by atoms with E-state index in [1.807, 2.05) is 37.4 Å². The number of aromatic amines is 1. The summed E-state index contributed by atoms with van der Waals surface area (Å²) in [6.07, 6.45) is 1.86. The van der Waals surface area contributed by atoms with Crippen LogP contribution in [0.5, 0.6) is 0 Å². The third kappa shape index (κ3) is 3.37. The van der Waals surface area contributed by atoms with Crippen LogP contribution in [0.4, 0.5) is 5.69 Å². The number of carbonyl (C=O) groups excluding carboxylic acids is 1. The molecule has 3 aromatic rings. The summed E-state index contributed by atoms with van der Waals surface area (Å²) in [7, 11) is 0. The maximum absolute atomic E-state index is 13.1. The largest absolute Gasteiger partial charge is 0.366 e. The highest BCUT2D eigenvalue weighted by molar-refractivity contribution is 6.10. The number of Topliss-reactive ketones (excluding diaryl/α,β-unsaturated/α-hetero) is 1. The van der Waals surface area contributed by atoms with Crippen molar-refractivity contribution in [1.29, 1.82) is 0 Å². The van der Waals surface area contributed by atoms with Gasteiger partial charge < -0.3 is 9.88 Å². The quantitative estimate of drug-likeness (QED) is 0.706. The van der Waals surface area contributed by atoms with E-state index in [4.69, 9.17) is 0 Å². The Bertz CT molecular complexity index is 961. The Morgan fingerprint density at radius 2 is 1.96 bits per heavy atom. The third-order valence-corrected chi connectivity index (χ3v) is 5.77. The van der Waals surface area contributed by atoms with Crippen LogP contribution in [0, 0.1) is 6.92 Å². The lowest BCUT2D eigenvalue weighted by atomic mass is 10.0. The molecule has 2 aromatic carbocycles. The monoisotopic (exact) mass is 361 g/mol. The second-order valence-corrected chi connectivity index (χ2v) is 7.66. The second kappa shape index (κ2) is 7.20. The number of nitrogens with zero attached hydrogens (tertiary/aromatic N) is 2. The molecule has 1 aliphatic heterocycles. The molecule has 4 rings (SSSR count). The third-order valence-electron chi connectivity index (χ3n) is 5.77. The van der Waals surface area contributed by atoms with E-state index in [-0.39, 0.29) is 11.8 Å². The fourth-order valence-electron chi connectivity index (χ4n) is 4.19. The number of benzene rings is 2. The van der Waals surface area contributed by atoms with Crippen molar-refractivity contribution in [3.63, 3.8) is 0 Å². The van der Waals surface area contributed by atoms with Gasteiger partial charge in [-0.1, -0.05) is 30.3 Å². The first-order chi connectivity index (χ1) is 13.0. The van der Waals surface area contributed by atoms with Gasteiger partial charge in [-0.3, -0.25) is 9.69 Å². The molecule has 0 bridgehead atoms. The van der Waals surface area contributed by atoms with E-state index in [1.54, 1.807) is 0 Å². The van der Waals surface area contributed by atoms with Crippen LogP contribution in [0.2, 0.25) is 0 Å². The van der Waals surface area contributed by atoms with Gasteiger partial charge in [0.15, 0.2) is 5.78 Å². The number of para-hydroxylation sites is 1. The first-order valence-electron chi connectivity index (χ1n) is 9.72. The number of carbonyl (C=O) groups is 1. The van der Waals surface area contributed by atoms with Crippen molar-refractivity contribution in [3.8, 4) is 0 Å². The van der Waals surface area contributed by atoms with Crippen LogP contribution in [0.1, 0.15) is 29.8 Å². The van der Waals surface area contributed by atoms with Crippen molar-refractivity contribution in [2.24, 2.45) is 0 Å². The van der Waals surface area contributed by atoms with Crippen LogP contribution in [0.15, 0.2) is 54.7 Å². The van der Waals surface area contributed by atoms with Crippen LogP contribution >= 0.6 is 0 Å². The van der Waals surface area contributed by atoms with Crippen molar-refractivity contribution in [2.45, 2.75) is 32.9 Å². The van der Waals surface area contributed by atoms with Gasteiger partial charge in [0.1, 0.15) is 0 Å². The van der Waals surface area contributed by atoms with Gasteiger partial charge >= 0.3 is 0 Å². The SMILES string of the molecule is Cc1cccc(N2CCN([C@@H](C)C(=O)c3c[nH]c4ccccc34)C[C@@H]2C)c1. The number of fused-ring (bicyclic) bond motifs is 1. The molecule has 1 aromatic heterocycles. The minimum Gasteiger partial charge on any atom is -0.366 e. The second-order valence-electron chi connectivity index (χ2n) is 7.66. The minimum atomic E-state index is -0.119. The highest BCUT2D eigenvalue weighted by Crippen LogP contribution is 2.25. The summed E-state index contributed by atoms with van der Waals surface area (Å²) < 4.78 is 0. The lowest BCUT2D eigenvalue weighted by Crippen LogP contribution is -2.56. The van der Waals surface area contributed by atoms with Gasteiger partial charge in [0, 0.05) is 54.0 Å². The molecule has 1 aliphatic rings. The summed E-state index contributed by atoms with van der Waals surface area (Å²) in [4.78, 5) is 21.1. The summed E-state index contributed by atoms with van der Waals surface area (Å²) in [6, 6.07) is 16.9. The Morgan fingerprint density at radius 1 is 1.15 bits per heavy atom. The van der Waals surface area contributed by atoms with E-state index in [9.17, 15) is 4.79 Å². The molecule has 0 amide bonds. The van der Waals surface area contributed by atoms with Crippen molar-refractivity contribution in [1.82, 2.24) is 9.88 Å². The van der Waals surface area contributed by atoms with E-state index in [0.29, 0.717) is 6.04 Å². The molecule has 0 aliphatic carbocycles. The first-order valence-corrected chi connectivity index (χ1v) is 9.72. The zero-order valence-electron chi connectivity index (χ0n) is 16.3. The van der Waals surface area contributed by atoms with Crippen LogP contribution in [0.3, 0.4) is 0 Å². The average Bonchev–Trinajstić information content (AvgIpc) is 3.11. The van der Waals surface area contributed by atoms with Gasteiger partial charge in [0.05, 0.1) is 6.04 Å². The number of ketones is 1. The predicted molar refractivity (Wildman–Crippen MR) is 112 cm³/mol. The Balaban J connectivity index is 1.49. The van der Waals surface area contributed by atoms with Crippen LogP contribution in [0.25, 0.3) is 10.9 Å². The molecule has 4 nitrogen and oxygen atoms in total. The predicted octanol–water partition coefficient (Wildman–Crippen LogP) is 4.26. The summed E-state index contributed by atoms with van der Waals surface area (Å²) in [5.41, 5.74) is 4.38. The van der Waals surface area contributed by atoms with Gasteiger partial charge in [-0.15, -0.1) is 0 Å². The zero-order valence-corrected chi connectivity index (χ0v) is 16.3. The number of H-pyrrole nitrogens is 1. The molecule has 1 N–H and O–H groups in total. The van der Waals surface area contributed by atoms with Crippen LogP contribution in [-0.2, 0) is 0 Å². The number of anilines is 1. The van der Waals surface area contributed by atoms with Crippen molar-refractivity contribution >= 4 is 22.4 Å². The Labute approximate surface area is 160 Å². The molecular formula is C23H27N3O. The Hall–Kier alpha value is -2.59. The fourth-order valence-corrected chi connectivity index (χ4v) is 4.19. The van der Waals surface area contributed by atoms with Crippen molar-refractivity contribution in [3.05, 3.63) is 65.9 Å². The number of aromatic nitrogens is 1. The summed E-state index contributed by atoms with van der Waals surface area (Å²) in [5, 5.41) is 1.01. The molecule has 4 heteroatoms. The van der Waals surface area contributed by atoms with E-state index in [1.165, 1.54) is 11.3 Å². The summed E-state index contributed by atoms with van der Waals surface area (Å²) in [5.74, 6) is 0.198. The number of hydrogen-bond acceptors (Lipinski definition) is 3. The molecule has 2 heterocycles. The molecular weight excluding hydrogens is 334 g/mol. The molecule has 0 spiro atoms. The highest BCUT2D eigenvalue weighted by Gasteiger charge is 2.31. The average molecular weight is 361 g/mol. The van der Waals surface area contributed by atoms with Gasteiger partial charge in [0.25, 0.3) is 0 Å². The molecule has 27 heavy (non-hydrogen) atoms. The van der Waals surface area contributed by atoms with E-state index in [0.717, 1.165) is 36.1 Å². The maximum Gasteiger partial charge on any atom is 0.181 e. The molecule has 2 atom stereocenters. The molecule has 0 radical (unpaired) electrons. The Kier molecular flexibility index (Phi) is 4.75. The van der Waals surface area contributed by atoms with Crippen molar-refractivity contribution in [2.75, 3.05) is 24.5 Å². The lowest BCUT2D eigenvalue weighted by Gasteiger charge is -2.43. The molecule has 1 saturated heterocycles. The van der Waals surface area contributed by atoms with Gasteiger partial charge in [0.2, 0.25) is 0 Å².